The fourth-order valence-electron chi connectivity index (χ4n) is 3.46. The lowest BCUT2D eigenvalue weighted by atomic mass is 9.68. The Morgan fingerprint density at radius 2 is 1.84 bits per heavy atom. The zero-order valence-electron chi connectivity index (χ0n) is 12.2. The summed E-state index contributed by atoms with van der Waals surface area (Å²) in [7, 11) is 0. The number of unbranched alkanes of at least 4 members (excludes halogenated alkanes) is 1. The summed E-state index contributed by atoms with van der Waals surface area (Å²) in [6.45, 7) is 2.31. The van der Waals surface area contributed by atoms with E-state index in [9.17, 15) is 0 Å². The normalized spacial score (nSPS) is 27.4. The monoisotopic (exact) mass is 322 g/mol. The van der Waals surface area contributed by atoms with Gasteiger partial charge in [0.15, 0.2) is 0 Å². The highest BCUT2D eigenvalue weighted by atomic mass is 79.9. The molecule has 0 spiro atoms. The lowest BCUT2D eigenvalue weighted by Gasteiger charge is -2.39. The van der Waals surface area contributed by atoms with Gasteiger partial charge < -0.3 is 0 Å². The van der Waals surface area contributed by atoms with Gasteiger partial charge in [-0.15, -0.1) is 0 Å². The van der Waals surface area contributed by atoms with Crippen LogP contribution in [0, 0.1) is 11.3 Å². The van der Waals surface area contributed by atoms with E-state index in [2.05, 4.69) is 53.2 Å². The maximum Gasteiger partial charge on any atom is 0.00911 e. The first-order chi connectivity index (χ1) is 9.28. The van der Waals surface area contributed by atoms with Crippen molar-refractivity contribution in [2.45, 2.75) is 58.3 Å². The Kier molecular flexibility index (Phi) is 5.94. The van der Waals surface area contributed by atoms with Gasteiger partial charge in [-0.05, 0) is 49.0 Å². The van der Waals surface area contributed by atoms with Gasteiger partial charge in [-0.2, -0.15) is 0 Å². The third kappa shape index (κ3) is 4.34. The number of hydrogen-bond acceptors (Lipinski definition) is 0. The SMILES string of the molecule is CCCCC1CCC(CBr)(Cc2ccccc2)CC1. The molecule has 0 N–H and O–H groups in total. The summed E-state index contributed by atoms with van der Waals surface area (Å²) < 4.78 is 0. The summed E-state index contributed by atoms with van der Waals surface area (Å²) in [5, 5.41) is 1.16. The molecule has 1 aromatic carbocycles. The molecule has 19 heavy (non-hydrogen) atoms. The summed E-state index contributed by atoms with van der Waals surface area (Å²) in [6.07, 6.45) is 11.2. The summed E-state index contributed by atoms with van der Waals surface area (Å²) in [5.41, 5.74) is 2.03. The van der Waals surface area contributed by atoms with Crippen molar-refractivity contribution in [3.8, 4) is 0 Å². The first-order valence-electron chi connectivity index (χ1n) is 7.88. The fourth-order valence-corrected chi connectivity index (χ4v) is 4.22. The van der Waals surface area contributed by atoms with Gasteiger partial charge in [0.05, 0.1) is 0 Å². The van der Waals surface area contributed by atoms with E-state index < -0.39 is 0 Å². The predicted octanol–water partition coefficient (Wildman–Crippen LogP) is 5.99. The van der Waals surface area contributed by atoms with Gasteiger partial charge in [0.25, 0.3) is 0 Å². The molecule has 0 radical (unpaired) electrons. The molecule has 1 heteroatoms. The Labute approximate surface area is 127 Å². The first kappa shape index (κ1) is 15.1. The molecule has 1 aliphatic carbocycles. The van der Waals surface area contributed by atoms with E-state index in [4.69, 9.17) is 0 Å². The van der Waals surface area contributed by atoms with Gasteiger partial charge in [-0.3, -0.25) is 0 Å². The van der Waals surface area contributed by atoms with Crippen molar-refractivity contribution in [1.82, 2.24) is 0 Å². The van der Waals surface area contributed by atoms with Gasteiger partial charge in [-0.25, -0.2) is 0 Å². The van der Waals surface area contributed by atoms with Crippen molar-refractivity contribution < 1.29 is 0 Å². The van der Waals surface area contributed by atoms with Crippen molar-refractivity contribution in [2.75, 3.05) is 5.33 Å². The highest BCUT2D eigenvalue weighted by Gasteiger charge is 2.34. The Bertz CT molecular complexity index is 349. The molecule has 0 nitrogen and oxygen atoms in total. The van der Waals surface area contributed by atoms with Crippen LogP contribution in [0.15, 0.2) is 30.3 Å². The second kappa shape index (κ2) is 7.47. The molecular formula is C18H27Br. The Morgan fingerprint density at radius 1 is 1.16 bits per heavy atom. The lowest BCUT2D eigenvalue weighted by Crippen LogP contribution is -2.31. The third-order valence-corrected chi connectivity index (χ3v) is 6.03. The maximum atomic E-state index is 3.80. The molecule has 0 heterocycles. The summed E-state index contributed by atoms with van der Waals surface area (Å²) >= 11 is 3.80. The van der Waals surface area contributed by atoms with Crippen molar-refractivity contribution in [1.29, 1.82) is 0 Å². The van der Waals surface area contributed by atoms with Crippen LogP contribution >= 0.6 is 15.9 Å². The van der Waals surface area contributed by atoms with Crippen molar-refractivity contribution in [3.63, 3.8) is 0 Å². The zero-order chi connectivity index (χ0) is 13.6. The Morgan fingerprint density at radius 3 is 2.42 bits per heavy atom. The molecular weight excluding hydrogens is 296 g/mol. The van der Waals surface area contributed by atoms with Crippen LogP contribution in [0.3, 0.4) is 0 Å². The van der Waals surface area contributed by atoms with E-state index in [0.29, 0.717) is 5.41 Å². The molecule has 106 valence electrons. The highest BCUT2D eigenvalue weighted by Crippen LogP contribution is 2.44. The molecule has 1 fully saturated rings. The largest absolute Gasteiger partial charge is 0.0922 e. The van der Waals surface area contributed by atoms with Gasteiger partial charge >= 0.3 is 0 Å². The van der Waals surface area contributed by atoms with E-state index >= 15 is 0 Å². The van der Waals surface area contributed by atoms with Crippen LogP contribution in [0.5, 0.6) is 0 Å². The Balaban J connectivity index is 1.90. The number of rotatable bonds is 6. The minimum absolute atomic E-state index is 0.518. The molecule has 0 atom stereocenters. The molecule has 0 bridgehead atoms. The van der Waals surface area contributed by atoms with Crippen molar-refractivity contribution in [3.05, 3.63) is 35.9 Å². The van der Waals surface area contributed by atoms with E-state index in [1.165, 1.54) is 56.9 Å². The Hall–Kier alpha value is -0.300. The second-order valence-electron chi connectivity index (χ2n) is 6.38. The quantitative estimate of drug-likeness (QED) is 0.564. The molecule has 1 aliphatic rings. The topological polar surface area (TPSA) is 0 Å². The van der Waals surface area contributed by atoms with Crippen LogP contribution < -0.4 is 0 Å². The van der Waals surface area contributed by atoms with E-state index in [1.807, 2.05) is 0 Å². The third-order valence-electron chi connectivity index (χ3n) is 4.84. The van der Waals surface area contributed by atoms with Gasteiger partial charge in [0, 0.05) is 5.33 Å². The van der Waals surface area contributed by atoms with Crippen LogP contribution in [0.4, 0.5) is 0 Å². The van der Waals surface area contributed by atoms with Crippen molar-refractivity contribution in [2.24, 2.45) is 11.3 Å². The summed E-state index contributed by atoms with van der Waals surface area (Å²) in [4.78, 5) is 0. The van der Waals surface area contributed by atoms with Crippen LogP contribution in [0.25, 0.3) is 0 Å². The van der Waals surface area contributed by atoms with E-state index in [1.54, 1.807) is 0 Å². The predicted molar refractivity (Wildman–Crippen MR) is 87.9 cm³/mol. The first-order valence-corrected chi connectivity index (χ1v) is 9.00. The smallest absolute Gasteiger partial charge is 0.00911 e. The highest BCUT2D eigenvalue weighted by molar-refractivity contribution is 9.09. The zero-order valence-corrected chi connectivity index (χ0v) is 13.8. The molecule has 0 aromatic heterocycles. The minimum atomic E-state index is 0.518. The molecule has 1 saturated carbocycles. The number of halogens is 1. The molecule has 2 rings (SSSR count). The average molecular weight is 323 g/mol. The van der Waals surface area contributed by atoms with Gasteiger partial charge in [0.2, 0.25) is 0 Å². The maximum absolute atomic E-state index is 3.80. The minimum Gasteiger partial charge on any atom is -0.0922 e. The summed E-state index contributed by atoms with van der Waals surface area (Å²) in [5.74, 6) is 1.00. The molecule has 0 amide bonds. The van der Waals surface area contributed by atoms with E-state index in [-0.39, 0.29) is 0 Å². The second-order valence-corrected chi connectivity index (χ2v) is 6.94. The van der Waals surface area contributed by atoms with Crippen LogP contribution in [-0.4, -0.2) is 5.33 Å². The van der Waals surface area contributed by atoms with Crippen LogP contribution in [0.1, 0.15) is 57.4 Å². The number of benzene rings is 1. The fraction of sp³-hybridized carbons (Fsp3) is 0.667. The van der Waals surface area contributed by atoms with Gasteiger partial charge in [-0.1, -0.05) is 72.4 Å². The van der Waals surface area contributed by atoms with Gasteiger partial charge in [0.1, 0.15) is 0 Å². The summed E-state index contributed by atoms with van der Waals surface area (Å²) in [6, 6.07) is 11.0. The molecule has 1 aromatic rings. The number of alkyl halides is 1. The number of hydrogen-bond donors (Lipinski definition) is 0. The lowest BCUT2D eigenvalue weighted by molar-refractivity contribution is 0.168. The van der Waals surface area contributed by atoms with Crippen molar-refractivity contribution >= 4 is 15.9 Å². The van der Waals surface area contributed by atoms with Crippen LogP contribution in [0.2, 0.25) is 0 Å². The van der Waals surface area contributed by atoms with E-state index in [0.717, 1.165) is 11.2 Å². The standard InChI is InChI=1S/C18H27Br/c1-2-3-7-16-10-12-18(15-19,13-11-16)14-17-8-5-4-6-9-17/h4-6,8-9,16H,2-3,7,10-15H2,1H3. The molecule has 0 saturated heterocycles. The molecule has 0 unspecified atom stereocenters. The average Bonchev–Trinajstić information content (AvgIpc) is 2.48. The molecule has 0 aliphatic heterocycles. The van der Waals surface area contributed by atoms with Crippen LogP contribution in [-0.2, 0) is 6.42 Å².